The van der Waals surface area contributed by atoms with Crippen LogP contribution in [0.5, 0.6) is 0 Å². The Kier molecular flexibility index (Phi) is 1.38. The highest BCUT2D eigenvalue weighted by atomic mass is 79.9. The Morgan fingerprint density at radius 1 is 1.75 bits per heavy atom. The molecule has 1 rings (SSSR count). The molecule has 0 atom stereocenters. The Morgan fingerprint density at radius 2 is 2.50 bits per heavy atom. The molecule has 8 heavy (non-hydrogen) atoms. The highest BCUT2D eigenvalue weighted by Gasteiger charge is 2.08. The van der Waals surface area contributed by atoms with Crippen LogP contribution >= 0.6 is 15.9 Å². The lowest BCUT2D eigenvalue weighted by molar-refractivity contribution is 0.972. The van der Waals surface area contributed by atoms with E-state index in [0.29, 0.717) is 4.62 Å². The minimum Gasteiger partial charge on any atom is -0.155 e. The van der Waals surface area contributed by atoms with Crippen LogP contribution in [-0.4, -0.2) is 4.62 Å². The first-order valence-electron chi connectivity index (χ1n) is 1.82. The van der Waals surface area contributed by atoms with Gasteiger partial charge in [-0.2, -0.15) is 5.43 Å². The maximum atomic E-state index is 9.73. The van der Waals surface area contributed by atoms with Gasteiger partial charge in [0, 0.05) is 0 Å². The van der Waals surface area contributed by atoms with Gasteiger partial charge < -0.3 is 0 Å². The van der Waals surface area contributed by atoms with Crippen molar-refractivity contribution in [2.45, 2.75) is 0 Å². The number of nitroso groups, excluding NO2 is 1. The fraction of sp³-hybridized carbons (Fsp3) is 0. The first-order valence-corrected chi connectivity index (χ1v) is 2.61. The van der Waals surface area contributed by atoms with E-state index in [2.05, 4.69) is 31.6 Å². The maximum absolute atomic E-state index is 9.73. The molecule has 5 heteroatoms. The van der Waals surface area contributed by atoms with Gasteiger partial charge in [0.1, 0.15) is 0 Å². The van der Waals surface area contributed by atoms with Crippen molar-refractivity contribution in [3.63, 3.8) is 0 Å². The van der Waals surface area contributed by atoms with Crippen molar-refractivity contribution in [1.29, 1.82) is 0 Å². The van der Waals surface area contributed by atoms with E-state index in [4.69, 9.17) is 0 Å². The molecule has 0 saturated carbocycles. The van der Waals surface area contributed by atoms with Gasteiger partial charge in [-0.15, -0.1) is 10.0 Å². The summed E-state index contributed by atoms with van der Waals surface area (Å²) in [7, 11) is 0. The number of nitrogens with zero attached hydrogens (tertiary/aromatic N) is 3. The monoisotopic (exact) mass is 174 g/mol. The van der Waals surface area contributed by atoms with E-state index in [1.54, 1.807) is 0 Å². The normalized spacial score (nSPS) is 16.6. The van der Waals surface area contributed by atoms with Crippen LogP contribution in [0.1, 0.15) is 0 Å². The van der Waals surface area contributed by atoms with Crippen LogP contribution in [0.3, 0.4) is 0 Å². The maximum Gasteiger partial charge on any atom is 0.162 e. The Balaban J connectivity index is 2.81. The lowest BCUT2D eigenvalue weighted by Gasteiger charge is -1.77. The van der Waals surface area contributed by atoms with Gasteiger partial charge in [0.05, 0.1) is 6.20 Å². The molecule has 0 fully saturated rings. The molecule has 1 heterocycles. The standard InChI is InChI=1S/C3HBrN3O/c4-3-2(7-8)1-5-6-3/h1H. The van der Waals surface area contributed by atoms with Gasteiger partial charge in [-0.3, -0.25) is 0 Å². The van der Waals surface area contributed by atoms with Crippen LogP contribution in [0, 0.1) is 4.91 Å². The van der Waals surface area contributed by atoms with Crippen molar-refractivity contribution in [2.75, 3.05) is 0 Å². The minimum absolute atomic E-state index is 0.241. The van der Waals surface area contributed by atoms with Crippen molar-refractivity contribution in [3.8, 4) is 0 Å². The molecule has 0 unspecified atom stereocenters. The summed E-state index contributed by atoms with van der Waals surface area (Å²) in [6.07, 6.45) is 1.29. The fourth-order valence-corrected chi connectivity index (χ4v) is 0.566. The topological polar surface area (TPSA) is 55.9 Å². The van der Waals surface area contributed by atoms with Crippen molar-refractivity contribution in [2.24, 2.45) is 10.3 Å². The molecular formula is C3HBrN3O. The molecule has 0 amide bonds. The average Bonchev–Trinajstić information content (AvgIpc) is 2.14. The van der Waals surface area contributed by atoms with Crippen LogP contribution in [0.25, 0.3) is 0 Å². The smallest absolute Gasteiger partial charge is 0.155 e. The van der Waals surface area contributed by atoms with Crippen molar-refractivity contribution in [3.05, 3.63) is 16.8 Å². The molecule has 0 aromatic heterocycles. The van der Waals surface area contributed by atoms with Gasteiger partial charge in [0.25, 0.3) is 0 Å². The van der Waals surface area contributed by atoms with Gasteiger partial charge in [-0.05, 0) is 21.1 Å². The van der Waals surface area contributed by atoms with Crippen molar-refractivity contribution in [1.82, 2.24) is 5.43 Å². The van der Waals surface area contributed by atoms with Gasteiger partial charge in [-0.1, -0.05) is 0 Å². The molecule has 4 nitrogen and oxygen atoms in total. The second-order valence-electron chi connectivity index (χ2n) is 1.11. The molecule has 41 valence electrons. The highest BCUT2D eigenvalue weighted by molar-refractivity contribution is 9.18. The second-order valence-corrected chi connectivity index (χ2v) is 1.86. The number of hydrogen-bond acceptors (Lipinski definition) is 3. The molecule has 0 aliphatic carbocycles. The Labute approximate surface area is 53.8 Å². The summed E-state index contributed by atoms with van der Waals surface area (Å²) in [5, 5.41) is 6.07. The predicted molar refractivity (Wildman–Crippen MR) is 32.4 cm³/mol. The second kappa shape index (κ2) is 2.04. The zero-order valence-corrected chi connectivity index (χ0v) is 5.29. The van der Waals surface area contributed by atoms with Crippen LogP contribution in [0.15, 0.2) is 22.2 Å². The first kappa shape index (κ1) is 5.43. The summed E-state index contributed by atoms with van der Waals surface area (Å²) in [5.41, 5.74) is 3.64. The zero-order valence-electron chi connectivity index (χ0n) is 3.71. The van der Waals surface area contributed by atoms with Gasteiger partial charge in [-0.25, -0.2) is 0 Å². The summed E-state index contributed by atoms with van der Waals surface area (Å²) in [6.45, 7) is 0. The van der Waals surface area contributed by atoms with E-state index in [9.17, 15) is 4.91 Å². The number of hydrogen-bond donors (Lipinski definition) is 0. The molecule has 1 aliphatic heterocycles. The SMILES string of the molecule is O=NC1=C[N]N=C1Br. The van der Waals surface area contributed by atoms with Gasteiger partial charge in [0.15, 0.2) is 10.3 Å². The largest absolute Gasteiger partial charge is 0.162 e. The van der Waals surface area contributed by atoms with E-state index in [0.717, 1.165) is 0 Å². The van der Waals surface area contributed by atoms with Crippen molar-refractivity contribution < 1.29 is 0 Å². The summed E-state index contributed by atoms with van der Waals surface area (Å²) >= 11 is 2.96. The first-order chi connectivity index (χ1) is 3.84. The van der Waals surface area contributed by atoms with E-state index >= 15 is 0 Å². The highest BCUT2D eigenvalue weighted by Crippen LogP contribution is 2.09. The van der Waals surface area contributed by atoms with Crippen molar-refractivity contribution >= 4 is 20.6 Å². The summed E-state index contributed by atoms with van der Waals surface area (Å²) in [6, 6.07) is 0. The molecule has 0 N–H and O–H groups in total. The molecule has 0 bridgehead atoms. The third kappa shape index (κ3) is 0.764. The average molecular weight is 175 g/mol. The molecular weight excluding hydrogens is 174 g/mol. The van der Waals surface area contributed by atoms with Crippen LogP contribution in [0.4, 0.5) is 0 Å². The molecule has 0 saturated heterocycles. The van der Waals surface area contributed by atoms with E-state index < -0.39 is 0 Å². The third-order valence-corrected chi connectivity index (χ3v) is 1.20. The molecule has 1 aliphatic rings. The summed E-state index contributed by atoms with van der Waals surface area (Å²) in [5.74, 6) is 0. The lowest BCUT2D eigenvalue weighted by Crippen LogP contribution is -1.80. The van der Waals surface area contributed by atoms with Crippen LogP contribution in [0.2, 0.25) is 0 Å². The van der Waals surface area contributed by atoms with Crippen LogP contribution in [-0.2, 0) is 0 Å². The molecule has 0 aromatic rings. The Hall–Kier alpha value is -0.710. The quantitative estimate of drug-likeness (QED) is 0.546. The van der Waals surface area contributed by atoms with Gasteiger partial charge >= 0.3 is 0 Å². The number of rotatable bonds is 1. The number of halogens is 1. The third-order valence-electron chi connectivity index (χ3n) is 0.635. The molecule has 0 spiro atoms. The van der Waals surface area contributed by atoms with E-state index in [-0.39, 0.29) is 5.70 Å². The summed E-state index contributed by atoms with van der Waals surface area (Å²) < 4.78 is 0.396. The fourth-order valence-electron chi connectivity index (χ4n) is 0.300. The zero-order chi connectivity index (χ0) is 5.98. The molecule has 1 radical (unpaired) electrons. The minimum atomic E-state index is 0.241. The van der Waals surface area contributed by atoms with Gasteiger partial charge in [0.2, 0.25) is 0 Å². The Morgan fingerprint density at radius 3 is 2.75 bits per heavy atom. The van der Waals surface area contributed by atoms with E-state index in [1.807, 2.05) is 0 Å². The number of allylic oxidation sites excluding steroid dienone is 1. The van der Waals surface area contributed by atoms with Crippen LogP contribution < -0.4 is 5.43 Å². The lowest BCUT2D eigenvalue weighted by atomic mass is 10.6. The predicted octanol–water partition coefficient (Wildman–Crippen LogP) is 0.921. The molecule has 0 aromatic carbocycles. The Bertz CT molecular complexity index is 173. The summed E-state index contributed by atoms with van der Waals surface area (Å²) in [4.78, 5) is 9.73. The van der Waals surface area contributed by atoms with E-state index in [1.165, 1.54) is 6.20 Å².